The Hall–Kier alpha value is -2.96. The van der Waals surface area contributed by atoms with Crippen LogP contribution in [0.25, 0.3) is 6.08 Å². The minimum Gasteiger partial charge on any atom is -0.383 e. The van der Waals surface area contributed by atoms with Crippen LogP contribution in [0.3, 0.4) is 0 Å². The molecular weight excluding hydrogens is 450 g/mol. The van der Waals surface area contributed by atoms with Crippen molar-refractivity contribution >= 4 is 23.6 Å². The first-order valence-corrected chi connectivity index (χ1v) is 13.2. The van der Waals surface area contributed by atoms with Gasteiger partial charge in [-0.3, -0.25) is 9.59 Å². The summed E-state index contributed by atoms with van der Waals surface area (Å²) in [5.74, 6) is -0.193. The summed E-state index contributed by atoms with van der Waals surface area (Å²) >= 11 is 0. The van der Waals surface area contributed by atoms with Crippen molar-refractivity contribution < 1.29 is 14.3 Å². The number of fused-ring (bicyclic) bond motifs is 2. The molecule has 1 unspecified atom stereocenters. The maximum absolute atomic E-state index is 13.6. The van der Waals surface area contributed by atoms with Crippen LogP contribution in [-0.2, 0) is 19.7 Å². The Labute approximate surface area is 214 Å². The minimum atomic E-state index is -0.293. The van der Waals surface area contributed by atoms with Gasteiger partial charge in [0.05, 0.1) is 12.5 Å². The largest absolute Gasteiger partial charge is 0.383 e. The zero-order chi connectivity index (χ0) is 25.0. The molecule has 1 atom stereocenters. The normalized spacial score (nSPS) is 20.8. The third kappa shape index (κ3) is 5.11. The predicted octanol–water partition coefficient (Wildman–Crippen LogP) is 3.97. The fourth-order valence-corrected chi connectivity index (χ4v) is 6.05. The van der Waals surface area contributed by atoms with Gasteiger partial charge in [0.1, 0.15) is 0 Å². The van der Waals surface area contributed by atoms with E-state index in [0.717, 1.165) is 44.6 Å². The molecule has 190 valence electrons. The van der Waals surface area contributed by atoms with Crippen LogP contribution in [0.5, 0.6) is 0 Å². The van der Waals surface area contributed by atoms with Gasteiger partial charge in [0, 0.05) is 44.3 Å². The Morgan fingerprint density at radius 2 is 1.81 bits per heavy atom. The van der Waals surface area contributed by atoms with Gasteiger partial charge in [-0.05, 0) is 62.2 Å². The van der Waals surface area contributed by atoms with Crippen molar-refractivity contribution in [2.24, 2.45) is 5.92 Å². The SMILES string of the molecule is COCCN1CC(C(=O)N(CCCN2CCC3(C=Cc4ccccc43)CC2)c2ccccc2)CC1=O. The van der Waals surface area contributed by atoms with Crippen molar-refractivity contribution in [1.82, 2.24) is 9.80 Å². The van der Waals surface area contributed by atoms with Crippen molar-refractivity contribution in [2.45, 2.75) is 31.1 Å². The second-order valence-corrected chi connectivity index (χ2v) is 10.3. The molecule has 5 rings (SSSR count). The van der Waals surface area contributed by atoms with Gasteiger partial charge < -0.3 is 19.4 Å². The highest BCUT2D eigenvalue weighted by Gasteiger charge is 2.38. The number of benzene rings is 2. The van der Waals surface area contributed by atoms with Crippen molar-refractivity contribution in [2.75, 3.05) is 57.9 Å². The second-order valence-electron chi connectivity index (χ2n) is 10.3. The first-order chi connectivity index (χ1) is 17.6. The zero-order valence-corrected chi connectivity index (χ0v) is 21.3. The molecule has 1 spiro atoms. The van der Waals surface area contributed by atoms with E-state index in [1.54, 1.807) is 12.0 Å². The average Bonchev–Trinajstić information content (AvgIpc) is 3.47. The van der Waals surface area contributed by atoms with E-state index in [9.17, 15) is 9.59 Å². The maximum Gasteiger partial charge on any atom is 0.232 e. The number of ether oxygens (including phenoxy) is 1. The monoisotopic (exact) mass is 487 g/mol. The van der Waals surface area contributed by atoms with Gasteiger partial charge in [0.2, 0.25) is 11.8 Å². The molecule has 3 aliphatic rings. The molecule has 0 saturated carbocycles. The lowest BCUT2D eigenvalue weighted by atomic mass is 9.74. The summed E-state index contributed by atoms with van der Waals surface area (Å²) < 4.78 is 5.13. The number of carbonyl (C=O) groups is 2. The van der Waals surface area contributed by atoms with Crippen LogP contribution in [0.1, 0.15) is 36.8 Å². The number of allylic oxidation sites excluding steroid dienone is 1. The third-order valence-electron chi connectivity index (χ3n) is 8.15. The topological polar surface area (TPSA) is 53.1 Å². The highest BCUT2D eigenvalue weighted by Crippen LogP contribution is 2.43. The summed E-state index contributed by atoms with van der Waals surface area (Å²) in [5.41, 5.74) is 3.96. The number of rotatable bonds is 9. The number of piperidine rings is 1. The number of para-hydroxylation sites is 1. The fraction of sp³-hybridized carbons (Fsp3) is 0.467. The molecule has 2 aromatic carbocycles. The van der Waals surface area contributed by atoms with E-state index in [4.69, 9.17) is 4.74 Å². The van der Waals surface area contributed by atoms with Crippen molar-refractivity contribution in [1.29, 1.82) is 0 Å². The third-order valence-corrected chi connectivity index (χ3v) is 8.15. The molecule has 2 amide bonds. The molecule has 1 aliphatic carbocycles. The van der Waals surface area contributed by atoms with Crippen LogP contribution < -0.4 is 4.90 Å². The molecule has 2 aliphatic heterocycles. The van der Waals surface area contributed by atoms with Crippen molar-refractivity contribution in [3.05, 3.63) is 71.8 Å². The Morgan fingerprint density at radius 1 is 1.06 bits per heavy atom. The predicted molar refractivity (Wildman–Crippen MR) is 143 cm³/mol. The Bertz CT molecular complexity index is 1090. The smallest absolute Gasteiger partial charge is 0.232 e. The summed E-state index contributed by atoms with van der Waals surface area (Å²) in [4.78, 5) is 32.2. The lowest BCUT2D eigenvalue weighted by Crippen LogP contribution is -2.43. The molecule has 0 N–H and O–H groups in total. The van der Waals surface area contributed by atoms with Crippen LogP contribution >= 0.6 is 0 Å². The van der Waals surface area contributed by atoms with E-state index in [1.165, 1.54) is 11.1 Å². The molecule has 2 heterocycles. The number of nitrogens with zero attached hydrogens (tertiary/aromatic N) is 3. The Morgan fingerprint density at radius 3 is 2.58 bits per heavy atom. The van der Waals surface area contributed by atoms with E-state index in [-0.39, 0.29) is 29.6 Å². The average molecular weight is 488 g/mol. The van der Waals surface area contributed by atoms with E-state index < -0.39 is 0 Å². The highest BCUT2D eigenvalue weighted by molar-refractivity contribution is 5.99. The summed E-state index contributed by atoms with van der Waals surface area (Å²) in [5, 5.41) is 0. The summed E-state index contributed by atoms with van der Waals surface area (Å²) in [6.07, 6.45) is 8.19. The number of methoxy groups -OCH3 is 1. The fourth-order valence-electron chi connectivity index (χ4n) is 6.05. The first-order valence-electron chi connectivity index (χ1n) is 13.2. The quantitative estimate of drug-likeness (QED) is 0.537. The van der Waals surface area contributed by atoms with Crippen LogP contribution in [0, 0.1) is 5.92 Å². The van der Waals surface area contributed by atoms with Gasteiger partial charge in [0.15, 0.2) is 0 Å². The van der Waals surface area contributed by atoms with Crippen molar-refractivity contribution in [3.63, 3.8) is 0 Å². The zero-order valence-electron chi connectivity index (χ0n) is 21.3. The first kappa shape index (κ1) is 24.7. The molecule has 0 radical (unpaired) electrons. The lowest BCUT2D eigenvalue weighted by Gasteiger charge is -2.39. The standard InChI is InChI=1S/C30H37N3O3/c1-36-21-20-32-23-25(22-28(32)34)29(35)33(26-9-3-2-4-10-26)17-7-16-31-18-14-30(15-19-31)13-12-24-8-5-6-11-27(24)30/h2-6,8-13,25H,7,14-23H2,1H3. The maximum atomic E-state index is 13.6. The van der Waals surface area contributed by atoms with Crippen molar-refractivity contribution in [3.8, 4) is 0 Å². The number of likely N-dealkylation sites (tertiary alicyclic amines) is 2. The van der Waals surface area contributed by atoms with Crippen LogP contribution in [0.2, 0.25) is 0 Å². The van der Waals surface area contributed by atoms with Gasteiger partial charge >= 0.3 is 0 Å². The van der Waals surface area contributed by atoms with Crippen LogP contribution in [-0.4, -0.2) is 74.6 Å². The number of hydrogen-bond donors (Lipinski definition) is 0. The molecule has 2 saturated heterocycles. The molecule has 0 aromatic heterocycles. The molecule has 0 bridgehead atoms. The number of anilines is 1. The lowest BCUT2D eigenvalue weighted by molar-refractivity contribution is -0.128. The van der Waals surface area contributed by atoms with E-state index in [2.05, 4.69) is 41.3 Å². The van der Waals surface area contributed by atoms with Gasteiger partial charge in [-0.1, -0.05) is 54.6 Å². The van der Waals surface area contributed by atoms with Gasteiger partial charge in [-0.2, -0.15) is 0 Å². The van der Waals surface area contributed by atoms with Gasteiger partial charge in [-0.15, -0.1) is 0 Å². The second kappa shape index (κ2) is 11.0. The van der Waals surface area contributed by atoms with Crippen LogP contribution in [0.4, 0.5) is 5.69 Å². The molecule has 36 heavy (non-hydrogen) atoms. The summed E-state index contributed by atoms with van der Waals surface area (Å²) in [6.45, 7) is 5.30. The number of hydrogen-bond acceptors (Lipinski definition) is 4. The highest BCUT2D eigenvalue weighted by atomic mass is 16.5. The Balaban J connectivity index is 1.17. The number of carbonyl (C=O) groups excluding carboxylic acids is 2. The summed E-state index contributed by atoms with van der Waals surface area (Å²) in [6, 6.07) is 18.7. The van der Waals surface area contributed by atoms with E-state index in [1.807, 2.05) is 35.2 Å². The van der Waals surface area contributed by atoms with E-state index in [0.29, 0.717) is 26.2 Å². The minimum absolute atomic E-state index is 0.0446. The van der Waals surface area contributed by atoms with Gasteiger partial charge in [-0.25, -0.2) is 0 Å². The molecule has 2 fully saturated rings. The van der Waals surface area contributed by atoms with E-state index >= 15 is 0 Å². The molecule has 6 nitrogen and oxygen atoms in total. The molecular formula is C30H37N3O3. The van der Waals surface area contributed by atoms with Gasteiger partial charge in [0.25, 0.3) is 0 Å². The van der Waals surface area contributed by atoms with Crippen LogP contribution in [0.15, 0.2) is 60.7 Å². The molecule has 6 heteroatoms. The Kier molecular flexibility index (Phi) is 7.54. The summed E-state index contributed by atoms with van der Waals surface area (Å²) in [7, 11) is 1.63. The number of amides is 2. The molecule has 2 aromatic rings.